The molecular formula is C11H18N4O4. The lowest BCUT2D eigenvalue weighted by Crippen LogP contribution is -2.47. The molecule has 0 fully saturated rings. The van der Waals surface area contributed by atoms with Gasteiger partial charge in [0.25, 0.3) is 0 Å². The Labute approximate surface area is 110 Å². The Morgan fingerprint density at radius 2 is 2.11 bits per heavy atom. The summed E-state index contributed by atoms with van der Waals surface area (Å²) in [5.41, 5.74) is -1.70. The maximum absolute atomic E-state index is 12.1. The molecule has 0 radical (unpaired) electrons. The molecule has 106 valence electrons. The van der Waals surface area contributed by atoms with Crippen LogP contribution in [0.25, 0.3) is 0 Å². The number of tetrazole rings is 1. The third-order valence-electron chi connectivity index (χ3n) is 2.99. The summed E-state index contributed by atoms with van der Waals surface area (Å²) in [6, 6.07) is 0. The minimum atomic E-state index is -1.70. The Hall–Kier alpha value is -1.99. The normalized spacial score (nSPS) is 14.2. The van der Waals surface area contributed by atoms with Gasteiger partial charge in [-0.2, -0.15) is 4.80 Å². The highest BCUT2D eigenvalue weighted by molar-refractivity contribution is 5.99. The van der Waals surface area contributed by atoms with Crippen molar-refractivity contribution < 1.29 is 19.4 Å². The van der Waals surface area contributed by atoms with Crippen molar-refractivity contribution in [1.29, 1.82) is 0 Å². The van der Waals surface area contributed by atoms with Crippen molar-refractivity contribution in [2.24, 2.45) is 18.4 Å². The number of carbonyl (C=O) groups excluding carboxylic acids is 1. The molecule has 0 aliphatic carbocycles. The highest BCUT2D eigenvalue weighted by Crippen LogP contribution is 2.33. The van der Waals surface area contributed by atoms with Crippen LogP contribution in [0.1, 0.15) is 26.6 Å². The van der Waals surface area contributed by atoms with Gasteiger partial charge >= 0.3 is 11.9 Å². The van der Waals surface area contributed by atoms with Crippen LogP contribution in [0, 0.1) is 11.3 Å². The van der Waals surface area contributed by atoms with Gasteiger partial charge in [-0.15, -0.1) is 10.2 Å². The molecule has 0 bridgehead atoms. The average Bonchev–Trinajstić information content (AvgIpc) is 2.70. The number of ether oxygens (including phenoxy) is 1. The van der Waals surface area contributed by atoms with Gasteiger partial charge in [0.2, 0.25) is 0 Å². The van der Waals surface area contributed by atoms with E-state index in [0.29, 0.717) is 0 Å². The van der Waals surface area contributed by atoms with E-state index in [4.69, 9.17) is 4.74 Å². The molecular weight excluding hydrogens is 252 g/mol. The standard InChI is InChI=1S/C11H18N4O4/c1-5-19-10(18)11(7(2)3,9(16)17)6-8-12-14-15(4)13-8/h7H,5-6H2,1-4H3,(H,16,17). The zero-order valence-electron chi connectivity index (χ0n) is 11.5. The number of carboxylic acid groups (broad SMARTS) is 1. The summed E-state index contributed by atoms with van der Waals surface area (Å²) in [6.45, 7) is 5.06. The van der Waals surface area contributed by atoms with Gasteiger partial charge in [-0.05, 0) is 18.1 Å². The van der Waals surface area contributed by atoms with Crippen LogP contribution in [-0.4, -0.2) is 43.9 Å². The zero-order chi connectivity index (χ0) is 14.6. The number of carboxylic acids is 1. The maximum Gasteiger partial charge on any atom is 0.324 e. The van der Waals surface area contributed by atoms with Gasteiger partial charge in [-0.3, -0.25) is 9.59 Å². The topological polar surface area (TPSA) is 107 Å². The number of esters is 1. The van der Waals surface area contributed by atoms with Gasteiger partial charge in [0.1, 0.15) is 0 Å². The average molecular weight is 270 g/mol. The minimum absolute atomic E-state index is 0.120. The van der Waals surface area contributed by atoms with Gasteiger partial charge < -0.3 is 9.84 Å². The van der Waals surface area contributed by atoms with Crippen molar-refractivity contribution in [3.05, 3.63) is 5.82 Å². The first-order valence-electron chi connectivity index (χ1n) is 5.98. The van der Waals surface area contributed by atoms with E-state index in [9.17, 15) is 14.7 Å². The summed E-state index contributed by atoms with van der Waals surface area (Å²) in [6.07, 6.45) is -0.146. The van der Waals surface area contributed by atoms with Crippen LogP contribution in [0.15, 0.2) is 0 Å². The highest BCUT2D eigenvalue weighted by atomic mass is 16.5. The van der Waals surface area contributed by atoms with E-state index in [0.717, 1.165) is 0 Å². The first kappa shape index (κ1) is 15.1. The summed E-state index contributed by atoms with van der Waals surface area (Å²) in [5.74, 6) is -2.28. The van der Waals surface area contributed by atoms with E-state index in [2.05, 4.69) is 15.4 Å². The van der Waals surface area contributed by atoms with Crippen LogP contribution in [0.3, 0.4) is 0 Å². The van der Waals surface area contributed by atoms with Crippen molar-refractivity contribution in [2.45, 2.75) is 27.2 Å². The van der Waals surface area contributed by atoms with Crippen molar-refractivity contribution >= 4 is 11.9 Å². The summed E-state index contributed by atoms with van der Waals surface area (Å²) in [5, 5.41) is 20.8. The summed E-state index contributed by atoms with van der Waals surface area (Å²) >= 11 is 0. The lowest BCUT2D eigenvalue weighted by atomic mass is 9.74. The molecule has 1 aromatic heterocycles. The summed E-state index contributed by atoms with van der Waals surface area (Å²) in [4.78, 5) is 24.9. The van der Waals surface area contributed by atoms with Gasteiger partial charge in [-0.25, -0.2) is 0 Å². The van der Waals surface area contributed by atoms with Crippen molar-refractivity contribution in [3.8, 4) is 0 Å². The van der Waals surface area contributed by atoms with E-state index in [-0.39, 0.29) is 18.9 Å². The zero-order valence-corrected chi connectivity index (χ0v) is 11.5. The van der Waals surface area contributed by atoms with Crippen molar-refractivity contribution in [3.63, 3.8) is 0 Å². The fraction of sp³-hybridized carbons (Fsp3) is 0.727. The number of aromatic nitrogens is 4. The molecule has 0 amide bonds. The van der Waals surface area contributed by atoms with E-state index >= 15 is 0 Å². The predicted octanol–water partition coefficient (Wildman–Crippen LogP) is 0.0427. The molecule has 8 nitrogen and oxygen atoms in total. The molecule has 1 N–H and O–H groups in total. The first-order valence-corrected chi connectivity index (χ1v) is 5.98. The Morgan fingerprint density at radius 3 is 2.47 bits per heavy atom. The van der Waals surface area contributed by atoms with Gasteiger partial charge in [0, 0.05) is 6.42 Å². The second-order valence-electron chi connectivity index (χ2n) is 4.52. The smallest absolute Gasteiger partial charge is 0.324 e. The number of aryl methyl sites for hydroxylation is 1. The molecule has 1 unspecified atom stereocenters. The molecule has 1 rings (SSSR count). The molecule has 0 aromatic carbocycles. The number of hydrogen-bond donors (Lipinski definition) is 1. The van der Waals surface area contributed by atoms with E-state index < -0.39 is 23.3 Å². The van der Waals surface area contributed by atoms with E-state index in [1.54, 1.807) is 27.8 Å². The molecule has 1 atom stereocenters. The third kappa shape index (κ3) is 2.88. The van der Waals surface area contributed by atoms with Gasteiger partial charge in [0.05, 0.1) is 13.7 Å². The summed E-state index contributed by atoms with van der Waals surface area (Å²) in [7, 11) is 1.57. The van der Waals surface area contributed by atoms with Crippen LogP contribution in [0.2, 0.25) is 0 Å². The monoisotopic (exact) mass is 270 g/mol. The third-order valence-corrected chi connectivity index (χ3v) is 2.99. The van der Waals surface area contributed by atoms with Crippen LogP contribution in [-0.2, 0) is 27.8 Å². The quantitative estimate of drug-likeness (QED) is 0.574. The molecule has 19 heavy (non-hydrogen) atoms. The molecule has 1 aromatic rings. The first-order chi connectivity index (χ1) is 8.84. The Kier molecular flexibility index (Phi) is 4.57. The van der Waals surface area contributed by atoms with E-state index in [1.165, 1.54) is 4.80 Å². The van der Waals surface area contributed by atoms with Crippen LogP contribution in [0.5, 0.6) is 0 Å². The number of hydrogen-bond acceptors (Lipinski definition) is 6. The number of rotatable bonds is 6. The Morgan fingerprint density at radius 1 is 1.47 bits per heavy atom. The van der Waals surface area contributed by atoms with Crippen LogP contribution >= 0.6 is 0 Å². The molecule has 1 heterocycles. The van der Waals surface area contributed by atoms with Crippen molar-refractivity contribution in [2.75, 3.05) is 6.61 Å². The molecule has 8 heteroatoms. The second-order valence-corrected chi connectivity index (χ2v) is 4.52. The largest absolute Gasteiger partial charge is 0.480 e. The van der Waals surface area contributed by atoms with Gasteiger partial charge in [0.15, 0.2) is 11.2 Å². The number of carbonyl (C=O) groups is 2. The fourth-order valence-corrected chi connectivity index (χ4v) is 1.83. The van der Waals surface area contributed by atoms with Crippen LogP contribution < -0.4 is 0 Å². The second kappa shape index (κ2) is 5.77. The number of aliphatic carboxylic acids is 1. The van der Waals surface area contributed by atoms with Crippen molar-refractivity contribution in [1.82, 2.24) is 20.2 Å². The lowest BCUT2D eigenvalue weighted by molar-refractivity contribution is -0.172. The molecule has 0 aliphatic heterocycles. The molecule has 0 spiro atoms. The van der Waals surface area contributed by atoms with Crippen LogP contribution in [0.4, 0.5) is 0 Å². The Bertz CT molecular complexity index is 471. The Balaban J connectivity index is 3.16. The van der Waals surface area contributed by atoms with Gasteiger partial charge in [-0.1, -0.05) is 13.8 Å². The highest BCUT2D eigenvalue weighted by Gasteiger charge is 2.51. The predicted molar refractivity (Wildman–Crippen MR) is 64.0 cm³/mol. The number of nitrogens with zero attached hydrogens (tertiary/aromatic N) is 4. The minimum Gasteiger partial charge on any atom is -0.480 e. The SMILES string of the molecule is CCOC(=O)C(Cc1nnn(C)n1)(C(=O)O)C(C)C. The maximum atomic E-state index is 12.1. The molecule has 0 saturated heterocycles. The molecule has 0 saturated carbocycles. The fourth-order valence-electron chi connectivity index (χ4n) is 1.83. The van der Waals surface area contributed by atoms with E-state index in [1.807, 2.05) is 0 Å². The molecule has 0 aliphatic rings. The lowest BCUT2D eigenvalue weighted by Gasteiger charge is -2.29. The summed E-state index contributed by atoms with van der Waals surface area (Å²) < 4.78 is 4.91.